The number of benzene rings is 1. The lowest BCUT2D eigenvalue weighted by atomic mass is 9.94. The molecule has 3 N–H and O–H groups in total. The van der Waals surface area contributed by atoms with Crippen molar-refractivity contribution < 1.29 is 19.2 Å². The number of hydrogen-bond donors (Lipinski definition) is 2. The SMILES string of the molecule is COc1ccc([C@H]2[C@]3(C#N)C(N)=[NH+]C4(OCCO4)[C@]23C#N)cc1. The van der Waals surface area contributed by atoms with Crippen LogP contribution >= 0.6 is 0 Å². The third kappa shape index (κ3) is 1.29. The van der Waals surface area contributed by atoms with Crippen molar-refractivity contribution in [2.24, 2.45) is 16.6 Å². The van der Waals surface area contributed by atoms with Gasteiger partial charge in [0.1, 0.15) is 5.75 Å². The summed E-state index contributed by atoms with van der Waals surface area (Å²) < 4.78 is 16.6. The first-order valence-corrected chi connectivity index (χ1v) is 7.27. The van der Waals surface area contributed by atoms with Crippen molar-refractivity contribution in [3.05, 3.63) is 29.8 Å². The number of ether oxygens (including phenoxy) is 3. The summed E-state index contributed by atoms with van der Waals surface area (Å²) in [5, 5.41) is 19.8. The molecule has 2 aliphatic heterocycles. The van der Waals surface area contributed by atoms with E-state index in [4.69, 9.17) is 19.9 Å². The number of nitrogens with two attached hydrogens (primary N) is 1. The second kappa shape index (κ2) is 4.23. The number of nitrogens with one attached hydrogen (secondary N) is 1. The van der Waals surface area contributed by atoms with Crippen molar-refractivity contribution in [2.75, 3.05) is 20.3 Å². The normalized spacial score (nSPS) is 36.0. The van der Waals surface area contributed by atoms with E-state index in [9.17, 15) is 10.5 Å². The Balaban J connectivity index is 1.87. The van der Waals surface area contributed by atoms with Gasteiger partial charge in [0.15, 0.2) is 10.8 Å². The van der Waals surface area contributed by atoms with Gasteiger partial charge in [-0.15, -0.1) is 0 Å². The molecule has 2 fully saturated rings. The summed E-state index contributed by atoms with van der Waals surface area (Å²) in [6.07, 6.45) is 0. The molecule has 3 aliphatic rings. The summed E-state index contributed by atoms with van der Waals surface area (Å²) >= 11 is 0. The third-order valence-corrected chi connectivity index (χ3v) is 5.14. The molecule has 1 aromatic rings. The number of amidine groups is 1. The predicted octanol–water partition coefficient (Wildman–Crippen LogP) is -1.04. The van der Waals surface area contributed by atoms with Crippen molar-refractivity contribution in [1.82, 2.24) is 0 Å². The van der Waals surface area contributed by atoms with E-state index < -0.39 is 22.7 Å². The number of fused-ring (bicyclic) bond motifs is 2. The minimum atomic E-state index is -1.36. The Kier molecular flexibility index (Phi) is 2.57. The molecule has 0 aromatic heterocycles. The summed E-state index contributed by atoms with van der Waals surface area (Å²) in [6, 6.07) is 11.8. The van der Waals surface area contributed by atoms with E-state index in [1.54, 1.807) is 19.2 Å². The lowest BCUT2D eigenvalue weighted by Crippen LogP contribution is -2.89. The molecule has 0 bridgehead atoms. The van der Waals surface area contributed by atoms with E-state index >= 15 is 0 Å². The van der Waals surface area contributed by atoms with Crippen molar-refractivity contribution in [1.29, 1.82) is 10.5 Å². The third-order valence-electron chi connectivity index (χ3n) is 5.14. The van der Waals surface area contributed by atoms with Gasteiger partial charge in [-0.1, -0.05) is 12.1 Å². The Morgan fingerprint density at radius 3 is 2.39 bits per heavy atom. The van der Waals surface area contributed by atoms with Crippen LogP contribution in [0.4, 0.5) is 0 Å². The molecule has 7 nitrogen and oxygen atoms in total. The fraction of sp³-hybridized carbons (Fsp3) is 0.438. The number of rotatable bonds is 2. The van der Waals surface area contributed by atoms with Crippen LogP contribution in [0.15, 0.2) is 24.3 Å². The molecule has 7 heteroatoms. The summed E-state index contributed by atoms with van der Waals surface area (Å²) in [6.45, 7) is 0.696. The minimum absolute atomic E-state index is 0.226. The molecule has 1 saturated heterocycles. The average Bonchev–Trinajstić information content (AvgIpc) is 2.83. The molecular formula is C16H15N4O3+. The minimum Gasteiger partial charge on any atom is -0.497 e. The second-order valence-electron chi connectivity index (χ2n) is 5.90. The molecule has 4 rings (SSSR count). The van der Waals surface area contributed by atoms with Crippen LogP contribution in [0.2, 0.25) is 0 Å². The summed E-state index contributed by atoms with van der Waals surface area (Å²) in [4.78, 5) is 2.91. The van der Waals surface area contributed by atoms with Crippen molar-refractivity contribution in [3.8, 4) is 17.9 Å². The average molecular weight is 311 g/mol. The van der Waals surface area contributed by atoms with Gasteiger partial charge in [-0.2, -0.15) is 10.5 Å². The molecule has 0 amide bonds. The van der Waals surface area contributed by atoms with E-state index in [0.29, 0.717) is 19.0 Å². The summed E-state index contributed by atoms with van der Waals surface area (Å²) in [7, 11) is 1.58. The van der Waals surface area contributed by atoms with Crippen LogP contribution in [0.1, 0.15) is 11.5 Å². The maximum atomic E-state index is 9.94. The van der Waals surface area contributed by atoms with Gasteiger partial charge >= 0.3 is 5.91 Å². The Hall–Kier alpha value is -2.61. The van der Waals surface area contributed by atoms with Gasteiger partial charge in [0.05, 0.1) is 32.5 Å². The monoisotopic (exact) mass is 311 g/mol. The lowest BCUT2D eigenvalue weighted by molar-refractivity contribution is -0.676. The Labute approximate surface area is 132 Å². The first kappa shape index (κ1) is 14.0. The largest absolute Gasteiger partial charge is 0.497 e. The van der Waals surface area contributed by atoms with Gasteiger partial charge in [-0.25, -0.2) is 4.99 Å². The van der Waals surface area contributed by atoms with E-state index in [1.807, 2.05) is 12.1 Å². The van der Waals surface area contributed by atoms with Gasteiger partial charge < -0.3 is 14.2 Å². The van der Waals surface area contributed by atoms with Crippen LogP contribution in [-0.4, -0.2) is 32.1 Å². The fourth-order valence-electron chi connectivity index (χ4n) is 4.11. The van der Waals surface area contributed by atoms with E-state index in [0.717, 1.165) is 5.56 Å². The van der Waals surface area contributed by atoms with Gasteiger partial charge in [-0.05, 0) is 17.7 Å². The highest BCUT2D eigenvalue weighted by molar-refractivity contribution is 5.95. The molecule has 23 heavy (non-hydrogen) atoms. The van der Waals surface area contributed by atoms with Gasteiger partial charge in [0.2, 0.25) is 0 Å². The maximum absolute atomic E-state index is 9.94. The summed E-state index contributed by atoms with van der Waals surface area (Å²) in [5.41, 5.74) is 4.57. The van der Waals surface area contributed by atoms with Crippen molar-refractivity contribution >= 4 is 5.84 Å². The molecule has 0 radical (unpaired) electrons. The summed E-state index contributed by atoms with van der Waals surface area (Å²) in [5.74, 6) is -0.846. The molecule has 2 heterocycles. The van der Waals surface area contributed by atoms with Crippen LogP contribution in [0.5, 0.6) is 5.75 Å². The molecule has 1 aromatic carbocycles. The fourth-order valence-corrected chi connectivity index (χ4v) is 4.11. The van der Waals surface area contributed by atoms with Crippen LogP contribution in [0, 0.1) is 33.5 Å². The second-order valence-corrected chi connectivity index (χ2v) is 5.90. The van der Waals surface area contributed by atoms with Crippen LogP contribution in [-0.2, 0) is 9.47 Å². The first-order chi connectivity index (χ1) is 11.1. The quantitative estimate of drug-likeness (QED) is 0.721. The predicted molar refractivity (Wildman–Crippen MR) is 76.6 cm³/mol. The van der Waals surface area contributed by atoms with Gasteiger partial charge in [-0.3, -0.25) is 5.73 Å². The standard InChI is InChI=1S/C16H14N4O3/c1-21-11-4-2-10(3-5-11)12-14(8-17)13(19)20-16(15(12,14)9-18)22-6-7-23-16/h2-5,12H,6-7H2,1H3,(H2,19,20)/p+1/t12-,14+,15+/m0/s1. The highest BCUT2D eigenvalue weighted by atomic mass is 16.8. The van der Waals surface area contributed by atoms with Gasteiger partial charge in [0.25, 0.3) is 5.84 Å². The maximum Gasteiger partial charge on any atom is 0.343 e. The number of nitrogens with zero attached hydrogens (tertiary/aromatic N) is 2. The van der Waals surface area contributed by atoms with Crippen molar-refractivity contribution in [3.63, 3.8) is 0 Å². The van der Waals surface area contributed by atoms with E-state index in [2.05, 4.69) is 17.1 Å². The molecule has 1 aliphatic carbocycles. The smallest absolute Gasteiger partial charge is 0.343 e. The number of nitriles is 2. The van der Waals surface area contributed by atoms with E-state index in [-0.39, 0.29) is 5.84 Å². The Morgan fingerprint density at radius 2 is 1.87 bits per heavy atom. The highest BCUT2D eigenvalue weighted by Gasteiger charge is 2.97. The lowest BCUT2D eigenvalue weighted by Gasteiger charge is -2.23. The zero-order valence-electron chi connectivity index (χ0n) is 12.5. The van der Waals surface area contributed by atoms with Gasteiger partial charge in [0, 0.05) is 5.92 Å². The Morgan fingerprint density at radius 1 is 1.22 bits per heavy atom. The molecule has 3 atom stereocenters. The topological polar surface area (TPSA) is 115 Å². The first-order valence-electron chi connectivity index (χ1n) is 7.27. The highest BCUT2D eigenvalue weighted by Crippen LogP contribution is 2.79. The molecular weight excluding hydrogens is 296 g/mol. The van der Waals surface area contributed by atoms with Crippen LogP contribution in [0.25, 0.3) is 0 Å². The molecule has 1 spiro atoms. The zero-order chi connectivity index (χ0) is 16.3. The van der Waals surface area contributed by atoms with Crippen LogP contribution in [0.3, 0.4) is 0 Å². The molecule has 0 unspecified atom stereocenters. The number of methoxy groups -OCH3 is 1. The Bertz CT molecular complexity index is 785. The zero-order valence-corrected chi connectivity index (χ0v) is 12.5. The van der Waals surface area contributed by atoms with E-state index in [1.165, 1.54) is 0 Å². The van der Waals surface area contributed by atoms with Crippen LogP contribution < -0.4 is 15.5 Å². The van der Waals surface area contributed by atoms with Crippen molar-refractivity contribution in [2.45, 2.75) is 11.8 Å². The number of hydrogen-bond acceptors (Lipinski definition) is 6. The molecule has 1 saturated carbocycles. The molecule has 116 valence electrons.